The van der Waals surface area contributed by atoms with Gasteiger partial charge in [0.1, 0.15) is 17.9 Å². The molecule has 0 aliphatic carbocycles. The van der Waals surface area contributed by atoms with Crippen LogP contribution < -0.4 is 10.2 Å². The molecule has 4 rings (SSSR count). The highest BCUT2D eigenvalue weighted by atomic mass is 35.5. The molecule has 0 spiro atoms. The van der Waals surface area contributed by atoms with Crippen LogP contribution in [-0.2, 0) is 4.74 Å². The number of aromatic nitrogens is 2. The third-order valence-corrected chi connectivity index (χ3v) is 4.85. The summed E-state index contributed by atoms with van der Waals surface area (Å²) in [6.45, 7) is 6.29. The Morgan fingerprint density at radius 3 is 2.74 bits per heavy atom. The van der Waals surface area contributed by atoms with Crippen LogP contribution in [-0.4, -0.2) is 42.2 Å². The molecule has 1 N–H and O–H groups in total. The predicted octanol–water partition coefficient (Wildman–Crippen LogP) is 3.58. The van der Waals surface area contributed by atoms with Gasteiger partial charge in [0, 0.05) is 23.8 Å². The van der Waals surface area contributed by atoms with E-state index in [4.69, 9.17) is 20.8 Å². The number of nitrogens with zero attached hydrogens (tertiary/aromatic N) is 3. The topological polar surface area (TPSA) is 80.5 Å². The van der Waals surface area contributed by atoms with Gasteiger partial charge in [-0.3, -0.25) is 4.79 Å². The van der Waals surface area contributed by atoms with Gasteiger partial charge in [0.25, 0.3) is 5.91 Å². The SMILES string of the molecule is Cc1cc(Cl)ccc1NC(=O)c1c(C)oc2ncnc(N3CCOCC3)c12. The molecule has 0 atom stereocenters. The molecule has 1 aliphatic heterocycles. The molecule has 3 aromatic rings. The summed E-state index contributed by atoms with van der Waals surface area (Å²) in [4.78, 5) is 23.8. The number of aryl methyl sites for hydroxylation is 2. The summed E-state index contributed by atoms with van der Waals surface area (Å²) >= 11 is 6.00. The van der Waals surface area contributed by atoms with Crippen molar-refractivity contribution in [2.45, 2.75) is 13.8 Å². The number of benzene rings is 1. The van der Waals surface area contributed by atoms with Crippen molar-refractivity contribution < 1.29 is 13.9 Å². The highest BCUT2D eigenvalue weighted by molar-refractivity contribution is 6.30. The number of carbonyl (C=O) groups excluding carboxylic acids is 1. The lowest BCUT2D eigenvalue weighted by molar-refractivity contribution is 0.102. The molecular formula is C19H19ClN4O3. The van der Waals surface area contributed by atoms with Crippen LogP contribution in [0.5, 0.6) is 0 Å². The Labute approximate surface area is 161 Å². The van der Waals surface area contributed by atoms with Crippen molar-refractivity contribution in [1.82, 2.24) is 9.97 Å². The van der Waals surface area contributed by atoms with Crippen molar-refractivity contribution in [1.29, 1.82) is 0 Å². The Morgan fingerprint density at radius 2 is 2.00 bits per heavy atom. The average molecular weight is 387 g/mol. The van der Waals surface area contributed by atoms with E-state index >= 15 is 0 Å². The highest BCUT2D eigenvalue weighted by Gasteiger charge is 2.26. The lowest BCUT2D eigenvalue weighted by Crippen LogP contribution is -2.37. The Morgan fingerprint density at radius 1 is 1.22 bits per heavy atom. The van der Waals surface area contributed by atoms with Crippen LogP contribution in [0.2, 0.25) is 5.02 Å². The first-order valence-corrected chi connectivity index (χ1v) is 9.06. The highest BCUT2D eigenvalue weighted by Crippen LogP contribution is 2.32. The van der Waals surface area contributed by atoms with Gasteiger partial charge in [-0.2, -0.15) is 0 Å². The summed E-state index contributed by atoms with van der Waals surface area (Å²) in [6.07, 6.45) is 1.46. The van der Waals surface area contributed by atoms with Gasteiger partial charge in [-0.1, -0.05) is 11.6 Å². The Hall–Kier alpha value is -2.64. The summed E-state index contributed by atoms with van der Waals surface area (Å²) in [5.74, 6) is 0.934. The molecule has 1 saturated heterocycles. The molecule has 7 nitrogen and oxygen atoms in total. The fourth-order valence-electron chi connectivity index (χ4n) is 3.27. The lowest BCUT2D eigenvalue weighted by atomic mass is 10.1. The van der Waals surface area contributed by atoms with E-state index in [0.717, 1.165) is 5.56 Å². The van der Waals surface area contributed by atoms with Crippen molar-refractivity contribution in [3.8, 4) is 0 Å². The van der Waals surface area contributed by atoms with Crippen LogP contribution in [0, 0.1) is 13.8 Å². The van der Waals surface area contributed by atoms with E-state index in [-0.39, 0.29) is 5.91 Å². The molecule has 0 unspecified atom stereocenters. The van der Waals surface area contributed by atoms with Crippen LogP contribution in [0.1, 0.15) is 21.7 Å². The molecule has 1 aliphatic rings. The van der Waals surface area contributed by atoms with E-state index in [2.05, 4.69) is 20.2 Å². The van der Waals surface area contributed by atoms with Gasteiger partial charge in [-0.05, 0) is 37.6 Å². The first-order valence-electron chi connectivity index (χ1n) is 8.69. The number of hydrogen-bond acceptors (Lipinski definition) is 6. The second kappa shape index (κ2) is 7.17. The fraction of sp³-hybridized carbons (Fsp3) is 0.316. The van der Waals surface area contributed by atoms with E-state index in [9.17, 15) is 4.79 Å². The number of hydrogen-bond donors (Lipinski definition) is 1. The summed E-state index contributed by atoms with van der Waals surface area (Å²) in [5, 5.41) is 4.20. The molecular weight excluding hydrogens is 368 g/mol. The quantitative estimate of drug-likeness (QED) is 0.741. The van der Waals surface area contributed by atoms with E-state index < -0.39 is 0 Å². The minimum Gasteiger partial charge on any atom is -0.442 e. The molecule has 1 fully saturated rings. The third kappa shape index (κ3) is 3.36. The number of anilines is 2. The Balaban J connectivity index is 1.76. The normalized spacial score (nSPS) is 14.6. The number of carbonyl (C=O) groups is 1. The van der Waals surface area contributed by atoms with Gasteiger partial charge in [-0.15, -0.1) is 0 Å². The van der Waals surface area contributed by atoms with E-state index in [0.29, 0.717) is 65.3 Å². The van der Waals surface area contributed by atoms with Crippen molar-refractivity contribution in [3.63, 3.8) is 0 Å². The molecule has 27 heavy (non-hydrogen) atoms. The number of morpholine rings is 1. The molecule has 8 heteroatoms. The van der Waals surface area contributed by atoms with Crippen LogP contribution in [0.4, 0.5) is 11.5 Å². The second-order valence-electron chi connectivity index (χ2n) is 6.42. The average Bonchev–Trinajstić information content (AvgIpc) is 3.00. The zero-order chi connectivity index (χ0) is 19.0. The standard InChI is InChI=1S/C19H19ClN4O3/c1-11-9-13(20)3-4-14(11)23-18(25)15-12(2)27-19-16(15)17(21-10-22-19)24-5-7-26-8-6-24/h3-4,9-10H,5-8H2,1-2H3,(H,23,25). The first kappa shape index (κ1) is 17.8. The van der Waals surface area contributed by atoms with Crippen LogP contribution in [0.25, 0.3) is 11.1 Å². The zero-order valence-corrected chi connectivity index (χ0v) is 15.8. The predicted molar refractivity (Wildman–Crippen MR) is 104 cm³/mol. The second-order valence-corrected chi connectivity index (χ2v) is 6.86. The summed E-state index contributed by atoms with van der Waals surface area (Å²) in [5.41, 5.74) is 2.43. The molecule has 140 valence electrons. The van der Waals surface area contributed by atoms with Gasteiger partial charge in [-0.25, -0.2) is 9.97 Å². The largest absolute Gasteiger partial charge is 0.442 e. The zero-order valence-electron chi connectivity index (χ0n) is 15.1. The number of amides is 1. The number of fused-ring (bicyclic) bond motifs is 1. The van der Waals surface area contributed by atoms with Gasteiger partial charge in [0.15, 0.2) is 0 Å². The van der Waals surface area contributed by atoms with Crippen molar-refractivity contribution >= 4 is 40.1 Å². The summed E-state index contributed by atoms with van der Waals surface area (Å²) in [6, 6.07) is 5.33. The monoisotopic (exact) mass is 386 g/mol. The summed E-state index contributed by atoms with van der Waals surface area (Å²) < 4.78 is 11.2. The lowest BCUT2D eigenvalue weighted by Gasteiger charge is -2.28. The third-order valence-electron chi connectivity index (χ3n) is 4.62. The van der Waals surface area contributed by atoms with Crippen LogP contribution in [0.15, 0.2) is 28.9 Å². The summed E-state index contributed by atoms with van der Waals surface area (Å²) in [7, 11) is 0. The van der Waals surface area contributed by atoms with Crippen molar-refractivity contribution in [3.05, 3.63) is 46.4 Å². The molecule has 2 aromatic heterocycles. The van der Waals surface area contributed by atoms with Crippen LogP contribution >= 0.6 is 11.6 Å². The molecule has 3 heterocycles. The Kier molecular flexibility index (Phi) is 4.72. The molecule has 0 bridgehead atoms. The van der Waals surface area contributed by atoms with Gasteiger partial charge >= 0.3 is 0 Å². The maximum absolute atomic E-state index is 13.1. The van der Waals surface area contributed by atoms with Gasteiger partial charge < -0.3 is 19.4 Å². The van der Waals surface area contributed by atoms with Crippen molar-refractivity contribution in [2.24, 2.45) is 0 Å². The van der Waals surface area contributed by atoms with E-state index in [1.807, 2.05) is 6.92 Å². The smallest absolute Gasteiger partial charge is 0.260 e. The molecule has 1 amide bonds. The molecule has 0 radical (unpaired) electrons. The van der Waals surface area contributed by atoms with Gasteiger partial charge in [0.05, 0.1) is 24.2 Å². The molecule has 0 saturated carbocycles. The minimum atomic E-state index is -0.263. The van der Waals surface area contributed by atoms with E-state index in [1.54, 1.807) is 25.1 Å². The maximum atomic E-state index is 13.1. The first-order chi connectivity index (χ1) is 13.0. The maximum Gasteiger partial charge on any atom is 0.260 e. The number of nitrogens with one attached hydrogen (secondary N) is 1. The minimum absolute atomic E-state index is 0.263. The Bertz CT molecular complexity index is 1010. The number of rotatable bonds is 3. The van der Waals surface area contributed by atoms with Crippen LogP contribution in [0.3, 0.4) is 0 Å². The van der Waals surface area contributed by atoms with E-state index in [1.165, 1.54) is 6.33 Å². The number of ether oxygens (including phenoxy) is 1. The van der Waals surface area contributed by atoms with Crippen molar-refractivity contribution in [2.75, 3.05) is 36.5 Å². The van der Waals surface area contributed by atoms with Gasteiger partial charge in [0.2, 0.25) is 5.71 Å². The number of furan rings is 1. The number of halogens is 1. The fourth-order valence-corrected chi connectivity index (χ4v) is 3.50. The molecule has 1 aromatic carbocycles.